The third-order valence-electron chi connectivity index (χ3n) is 8.01. The van der Waals surface area contributed by atoms with Crippen LogP contribution in [0.25, 0.3) is 0 Å². The Bertz CT molecular complexity index is 1130. The standard InChI is InChI=1S/C28H34F2N2O3/c1-17-10-19(6-9-34-3)11-20(18(17)2)15-32(22-4-5-22)27(33)24-14-31-8-7-28(24)23-13-26(30)25(29)12-21(23)16-35-28/h10-13,22,24,31H,4-9,14-16H2,1-3H3/t24-,28?/m1/s1. The number of carbonyl (C=O) groups excluding carboxylic acids is 1. The van der Waals surface area contributed by atoms with E-state index in [0.29, 0.717) is 43.8 Å². The Kier molecular flexibility index (Phi) is 6.68. The summed E-state index contributed by atoms with van der Waals surface area (Å²) in [6, 6.07) is 7.06. The second-order valence-electron chi connectivity index (χ2n) is 10.2. The van der Waals surface area contributed by atoms with E-state index in [2.05, 4.69) is 31.3 Å². The highest BCUT2D eigenvalue weighted by molar-refractivity contribution is 5.82. The summed E-state index contributed by atoms with van der Waals surface area (Å²) in [5, 5.41) is 3.35. The molecule has 35 heavy (non-hydrogen) atoms. The average molecular weight is 485 g/mol. The summed E-state index contributed by atoms with van der Waals surface area (Å²) in [4.78, 5) is 16.2. The van der Waals surface area contributed by atoms with Gasteiger partial charge in [-0.3, -0.25) is 4.79 Å². The molecule has 1 saturated heterocycles. The van der Waals surface area contributed by atoms with Gasteiger partial charge in [0.15, 0.2) is 11.6 Å². The Morgan fingerprint density at radius 1 is 1.20 bits per heavy atom. The van der Waals surface area contributed by atoms with Gasteiger partial charge in [-0.05, 0) is 91.6 Å². The Balaban J connectivity index is 1.47. The number of aryl methyl sites for hydroxylation is 1. The lowest BCUT2D eigenvalue weighted by Gasteiger charge is -2.43. The molecule has 7 heteroatoms. The number of halogens is 2. The molecule has 2 fully saturated rings. The minimum atomic E-state index is -0.926. The number of benzene rings is 2. The monoisotopic (exact) mass is 484 g/mol. The number of nitrogens with zero attached hydrogens (tertiary/aromatic N) is 1. The molecule has 0 radical (unpaired) electrons. The summed E-state index contributed by atoms with van der Waals surface area (Å²) >= 11 is 0. The van der Waals surface area contributed by atoms with Crippen LogP contribution >= 0.6 is 0 Å². The number of amides is 1. The van der Waals surface area contributed by atoms with E-state index in [-0.39, 0.29) is 18.6 Å². The lowest BCUT2D eigenvalue weighted by molar-refractivity contribution is -0.157. The SMILES string of the molecule is COCCc1cc(C)c(C)c(CN(C(=O)[C@H]2CNCCC23OCc2cc(F)c(F)cc23)C2CC2)c1. The van der Waals surface area contributed by atoms with E-state index < -0.39 is 23.2 Å². The largest absolute Gasteiger partial charge is 0.384 e. The van der Waals surface area contributed by atoms with E-state index in [0.717, 1.165) is 24.8 Å². The molecule has 2 atom stereocenters. The zero-order valence-electron chi connectivity index (χ0n) is 20.8. The number of fused-ring (bicyclic) bond motifs is 2. The molecule has 1 aliphatic carbocycles. The van der Waals surface area contributed by atoms with Gasteiger partial charge >= 0.3 is 0 Å². The first-order chi connectivity index (χ1) is 16.8. The smallest absolute Gasteiger partial charge is 0.230 e. The molecule has 2 aliphatic heterocycles. The molecule has 2 heterocycles. The normalized spacial score (nSPS) is 23.5. The van der Waals surface area contributed by atoms with Gasteiger partial charge < -0.3 is 19.7 Å². The van der Waals surface area contributed by atoms with Crippen LogP contribution in [0.2, 0.25) is 0 Å². The number of piperidine rings is 1. The number of hydrogen-bond acceptors (Lipinski definition) is 4. The van der Waals surface area contributed by atoms with Crippen molar-refractivity contribution < 1.29 is 23.0 Å². The Morgan fingerprint density at radius 2 is 1.97 bits per heavy atom. The minimum absolute atomic E-state index is 0.0247. The van der Waals surface area contributed by atoms with Gasteiger partial charge in [0.05, 0.1) is 19.1 Å². The molecule has 1 N–H and O–H groups in total. The first-order valence-electron chi connectivity index (χ1n) is 12.6. The topological polar surface area (TPSA) is 50.8 Å². The molecule has 2 aromatic rings. The second kappa shape index (κ2) is 9.60. The Labute approximate surface area is 205 Å². The number of ether oxygens (including phenoxy) is 2. The van der Waals surface area contributed by atoms with Crippen LogP contribution in [0, 0.1) is 31.4 Å². The maximum atomic E-state index is 14.3. The van der Waals surface area contributed by atoms with Crippen molar-refractivity contribution in [3.05, 3.63) is 69.3 Å². The molecular formula is C28H34F2N2O3. The molecule has 0 bridgehead atoms. The molecule has 1 spiro atoms. The molecular weight excluding hydrogens is 450 g/mol. The van der Waals surface area contributed by atoms with Crippen molar-refractivity contribution in [3.63, 3.8) is 0 Å². The van der Waals surface area contributed by atoms with Gasteiger partial charge in [0.1, 0.15) is 5.60 Å². The van der Waals surface area contributed by atoms with E-state index in [9.17, 15) is 13.6 Å². The van der Waals surface area contributed by atoms with Crippen LogP contribution in [0.15, 0.2) is 24.3 Å². The lowest BCUT2D eigenvalue weighted by Crippen LogP contribution is -2.55. The summed E-state index contributed by atoms with van der Waals surface area (Å²) in [7, 11) is 1.70. The molecule has 1 unspecified atom stereocenters. The maximum absolute atomic E-state index is 14.3. The highest BCUT2D eigenvalue weighted by atomic mass is 19.2. The summed E-state index contributed by atoms with van der Waals surface area (Å²) < 4.78 is 39.7. The zero-order chi connectivity index (χ0) is 24.7. The fourth-order valence-electron chi connectivity index (χ4n) is 5.73. The van der Waals surface area contributed by atoms with Crippen molar-refractivity contribution in [3.8, 4) is 0 Å². The van der Waals surface area contributed by atoms with Gasteiger partial charge in [0.25, 0.3) is 0 Å². The van der Waals surface area contributed by atoms with Crippen LogP contribution in [0.1, 0.15) is 52.6 Å². The molecule has 1 amide bonds. The van der Waals surface area contributed by atoms with E-state index in [4.69, 9.17) is 9.47 Å². The van der Waals surface area contributed by atoms with Gasteiger partial charge in [-0.15, -0.1) is 0 Å². The van der Waals surface area contributed by atoms with Gasteiger partial charge in [-0.2, -0.15) is 0 Å². The lowest BCUT2D eigenvalue weighted by atomic mass is 9.75. The molecule has 5 rings (SSSR count). The molecule has 188 valence electrons. The molecule has 2 aromatic carbocycles. The Hall–Kier alpha value is -2.35. The summed E-state index contributed by atoms with van der Waals surface area (Å²) in [6.07, 6.45) is 3.34. The van der Waals surface area contributed by atoms with Crippen LogP contribution < -0.4 is 5.32 Å². The van der Waals surface area contributed by atoms with Crippen LogP contribution in [0.5, 0.6) is 0 Å². The minimum Gasteiger partial charge on any atom is -0.384 e. The molecule has 0 aromatic heterocycles. The van der Waals surface area contributed by atoms with Crippen molar-refractivity contribution in [1.82, 2.24) is 10.2 Å². The number of nitrogens with one attached hydrogen (secondary N) is 1. The highest BCUT2D eigenvalue weighted by Crippen LogP contribution is 2.48. The van der Waals surface area contributed by atoms with Gasteiger partial charge in [-0.25, -0.2) is 8.78 Å². The fourth-order valence-corrected chi connectivity index (χ4v) is 5.73. The van der Waals surface area contributed by atoms with Crippen LogP contribution in [-0.2, 0) is 39.4 Å². The quantitative estimate of drug-likeness (QED) is 0.637. The van der Waals surface area contributed by atoms with Crippen LogP contribution in [0.3, 0.4) is 0 Å². The van der Waals surface area contributed by atoms with Crippen molar-refractivity contribution >= 4 is 5.91 Å². The van der Waals surface area contributed by atoms with E-state index in [1.807, 2.05) is 4.90 Å². The molecule has 5 nitrogen and oxygen atoms in total. The highest BCUT2D eigenvalue weighted by Gasteiger charge is 2.53. The van der Waals surface area contributed by atoms with Gasteiger partial charge in [-0.1, -0.05) is 12.1 Å². The summed E-state index contributed by atoms with van der Waals surface area (Å²) in [5.74, 6) is -2.24. The summed E-state index contributed by atoms with van der Waals surface area (Å²) in [6.45, 7) is 6.70. The second-order valence-corrected chi connectivity index (χ2v) is 10.2. The first-order valence-corrected chi connectivity index (χ1v) is 12.6. The van der Waals surface area contributed by atoms with E-state index in [1.54, 1.807) is 7.11 Å². The molecule has 1 saturated carbocycles. The fraction of sp³-hybridized carbons (Fsp3) is 0.536. The zero-order valence-corrected chi connectivity index (χ0v) is 20.8. The van der Waals surface area contributed by atoms with Crippen molar-refractivity contribution in [2.45, 2.75) is 64.3 Å². The molecule has 3 aliphatic rings. The van der Waals surface area contributed by atoms with Crippen molar-refractivity contribution in [2.24, 2.45) is 5.92 Å². The van der Waals surface area contributed by atoms with Crippen LogP contribution in [0.4, 0.5) is 8.78 Å². The number of rotatable bonds is 7. The van der Waals surface area contributed by atoms with Gasteiger partial charge in [0.2, 0.25) is 5.91 Å². The number of carbonyl (C=O) groups is 1. The third kappa shape index (κ3) is 4.50. The van der Waals surface area contributed by atoms with Crippen LogP contribution in [-0.4, -0.2) is 43.7 Å². The maximum Gasteiger partial charge on any atom is 0.230 e. The average Bonchev–Trinajstić information content (AvgIpc) is 3.64. The third-order valence-corrected chi connectivity index (χ3v) is 8.01. The van der Waals surface area contributed by atoms with Crippen molar-refractivity contribution in [2.75, 3.05) is 26.8 Å². The van der Waals surface area contributed by atoms with E-state index in [1.165, 1.54) is 28.8 Å². The van der Waals surface area contributed by atoms with Crippen molar-refractivity contribution in [1.29, 1.82) is 0 Å². The summed E-state index contributed by atoms with van der Waals surface area (Å²) in [5.41, 5.74) is 5.09. The van der Waals surface area contributed by atoms with E-state index >= 15 is 0 Å². The number of hydrogen-bond donors (Lipinski definition) is 1. The number of methoxy groups -OCH3 is 1. The first kappa shape index (κ1) is 24.3. The predicted octanol–water partition coefficient (Wildman–Crippen LogP) is 4.30. The Morgan fingerprint density at radius 3 is 2.71 bits per heavy atom. The predicted molar refractivity (Wildman–Crippen MR) is 129 cm³/mol. The van der Waals surface area contributed by atoms with Gasteiger partial charge in [0, 0.05) is 26.2 Å².